The summed E-state index contributed by atoms with van der Waals surface area (Å²) in [6.07, 6.45) is -2.38. The number of ether oxygens (including phenoxy) is 1. The summed E-state index contributed by atoms with van der Waals surface area (Å²) in [7, 11) is 0. The minimum absolute atomic E-state index is 0.180. The summed E-state index contributed by atoms with van der Waals surface area (Å²) in [5.74, 6) is -6.12. The first-order valence-electron chi connectivity index (χ1n) is 4.91. The first kappa shape index (κ1) is 13.4. The molecule has 0 aliphatic carbocycles. The molecule has 0 aromatic heterocycles. The number of aliphatic carboxylic acids is 1. The van der Waals surface area contributed by atoms with Crippen molar-refractivity contribution in [2.45, 2.75) is 19.0 Å². The minimum atomic E-state index is -4.22. The highest BCUT2D eigenvalue weighted by Gasteiger charge is 2.47. The van der Waals surface area contributed by atoms with Crippen LogP contribution in [-0.4, -0.2) is 28.7 Å². The summed E-state index contributed by atoms with van der Waals surface area (Å²) in [4.78, 5) is 10.3. The summed E-state index contributed by atoms with van der Waals surface area (Å²) in [6.45, 7) is 2.19. The molecule has 0 aliphatic rings. The topological polar surface area (TPSA) is 66.8 Å². The van der Waals surface area contributed by atoms with E-state index in [1.807, 2.05) is 0 Å². The second kappa shape index (κ2) is 5.09. The smallest absolute Gasteiger partial charge is 0.377 e. The van der Waals surface area contributed by atoms with Crippen molar-refractivity contribution in [1.82, 2.24) is 0 Å². The molecular formula is C11H12F2O4. The second-order valence-electron chi connectivity index (χ2n) is 3.33. The number of hydrogen-bond acceptors (Lipinski definition) is 3. The average Bonchev–Trinajstić information content (AvgIpc) is 2.29. The molecule has 0 radical (unpaired) electrons. The van der Waals surface area contributed by atoms with Gasteiger partial charge < -0.3 is 14.9 Å². The highest BCUT2D eigenvalue weighted by Crippen LogP contribution is 2.32. The van der Waals surface area contributed by atoms with Crippen molar-refractivity contribution in [2.75, 3.05) is 6.61 Å². The number of rotatable bonds is 5. The number of alkyl halides is 2. The molecule has 0 saturated carbocycles. The number of aliphatic hydroxyl groups is 1. The Balaban J connectivity index is 2.90. The Labute approximate surface area is 96.5 Å². The molecule has 1 unspecified atom stereocenters. The molecule has 0 spiro atoms. The van der Waals surface area contributed by atoms with Gasteiger partial charge in [0.25, 0.3) is 0 Å². The van der Waals surface area contributed by atoms with E-state index in [1.54, 1.807) is 6.92 Å². The number of carbonyl (C=O) groups is 1. The van der Waals surface area contributed by atoms with Crippen LogP contribution in [0.3, 0.4) is 0 Å². The van der Waals surface area contributed by atoms with Crippen LogP contribution in [0.25, 0.3) is 0 Å². The van der Waals surface area contributed by atoms with Crippen LogP contribution in [0.15, 0.2) is 24.3 Å². The van der Waals surface area contributed by atoms with Crippen molar-refractivity contribution in [1.29, 1.82) is 0 Å². The molecule has 1 rings (SSSR count). The van der Waals surface area contributed by atoms with Crippen molar-refractivity contribution in [2.24, 2.45) is 0 Å². The first-order valence-corrected chi connectivity index (χ1v) is 4.91. The van der Waals surface area contributed by atoms with Crippen molar-refractivity contribution in [3.63, 3.8) is 0 Å². The SMILES string of the molecule is CCOc1ccc(C(O)C(F)(F)C(=O)O)cc1. The fourth-order valence-electron chi connectivity index (χ4n) is 1.24. The van der Waals surface area contributed by atoms with Gasteiger partial charge in [0, 0.05) is 0 Å². The molecular weight excluding hydrogens is 234 g/mol. The van der Waals surface area contributed by atoms with Crippen molar-refractivity contribution >= 4 is 5.97 Å². The lowest BCUT2D eigenvalue weighted by atomic mass is 10.0. The standard InChI is InChI=1S/C11H12F2O4/c1-2-17-8-5-3-7(4-6-8)9(14)11(12,13)10(15)16/h3-6,9,14H,2H2,1H3,(H,15,16). The summed E-state index contributed by atoms with van der Waals surface area (Å²) in [5, 5.41) is 17.5. The molecule has 0 saturated heterocycles. The van der Waals surface area contributed by atoms with E-state index in [1.165, 1.54) is 24.3 Å². The number of aliphatic hydroxyl groups excluding tert-OH is 1. The second-order valence-corrected chi connectivity index (χ2v) is 3.33. The number of carboxylic acid groups (broad SMARTS) is 1. The van der Waals surface area contributed by atoms with E-state index in [-0.39, 0.29) is 5.56 Å². The quantitative estimate of drug-likeness (QED) is 0.831. The molecule has 0 fully saturated rings. The molecule has 0 bridgehead atoms. The third kappa shape index (κ3) is 2.91. The Bertz CT molecular complexity index is 389. The molecule has 1 atom stereocenters. The van der Waals surface area contributed by atoms with Gasteiger partial charge in [0.1, 0.15) is 5.75 Å². The zero-order valence-electron chi connectivity index (χ0n) is 9.06. The molecule has 0 heterocycles. The van der Waals surface area contributed by atoms with Crippen LogP contribution >= 0.6 is 0 Å². The van der Waals surface area contributed by atoms with Gasteiger partial charge >= 0.3 is 11.9 Å². The molecule has 0 amide bonds. The summed E-state index contributed by atoms with van der Waals surface area (Å²) in [5.41, 5.74) is -0.180. The summed E-state index contributed by atoms with van der Waals surface area (Å²) < 4.78 is 31.1. The molecule has 2 N–H and O–H groups in total. The van der Waals surface area contributed by atoms with Crippen LogP contribution in [0.5, 0.6) is 5.75 Å². The predicted octanol–water partition coefficient (Wildman–Crippen LogP) is 1.84. The summed E-state index contributed by atoms with van der Waals surface area (Å²) >= 11 is 0. The van der Waals surface area contributed by atoms with Gasteiger partial charge in [0.15, 0.2) is 6.10 Å². The van der Waals surface area contributed by atoms with Crippen LogP contribution < -0.4 is 4.74 Å². The molecule has 1 aromatic rings. The third-order valence-electron chi connectivity index (χ3n) is 2.14. The van der Waals surface area contributed by atoms with Crippen LogP contribution in [-0.2, 0) is 4.79 Å². The fourth-order valence-corrected chi connectivity index (χ4v) is 1.24. The van der Waals surface area contributed by atoms with Crippen molar-refractivity contribution in [3.05, 3.63) is 29.8 Å². The van der Waals surface area contributed by atoms with E-state index in [0.717, 1.165) is 0 Å². The molecule has 17 heavy (non-hydrogen) atoms. The van der Waals surface area contributed by atoms with Crippen LogP contribution in [0.4, 0.5) is 8.78 Å². The number of carboxylic acids is 1. The lowest BCUT2D eigenvalue weighted by Crippen LogP contribution is -2.35. The van der Waals surface area contributed by atoms with Gasteiger partial charge in [-0.1, -0.05) is 12.1 Å². The summed E-state index contributed by atoms with van der Waals surface area (Å²) in [6, 6.07) is 5.18. The van der Waals surface area contributed by atoms with E-state index in [0.29, 0.717) is 12.4 Å². The maximum atomic E-state index is 13.0. The minimum Gasteiger partial charge on any atom is -0.494 e. The zero-order chi connectivity index (χ0) is 13.1. The molecule has 1 aromatic carbocycles. The largest absolute Gasteiger partial charge is 0.494 e. The number of benzene rings is 1. The highest BCUT2D eigenvalue weighted by atomic mass is 19.3. The molecule has 0 aliphatic heterocycles. The average molecular weight is 246 g/mol. The zero-order valence-corrected chi connectivity index (χ0v) is 9.06. The maximum Gasteiger partial charge on any atom is 0.377 e. The van der Waals surface area contributed by atoms with Gasteiger partial charge in [-0.3, -0.25) is 0 Å². The van der Waals surface area contributed by atoms with Gasteiger partial charge in [-0.25, -0.2) is 4.79 Å². The van der Waals surface area contributed by atoms with Gasteiger partial charge in [-0.15, -0.1) is 0 Å². The fraction of sp³-hybridized carbons (Fsp3) is 0.364. The molecule has 94 valence electrons. The third-order valence-corrected chi connectivity index (χ3v) is 2.14. The van der Waals surface area contributed by atoms with E-state index in [2.05, 4.69) is 0 Å². The van der Waals surface area contributed by atoms with E-state index < -0.39 is 18.0 Å². The number of halogens is 2. The van der Waals surface area contributed by atoms with E-state index in [9.17, 15) is 18.7 Å². The Morgan fingerprint density at radius 2 is 1.94 bits per heavy atom. The Morgan fingerprint density at radius 1 is 1.41 bits per heavy atom. The van der Waals surface area contributed by atoms with E-state index >= 15 is 0 Å². The van der Waals surface area contributed by atoms with Gasteiger partial charge in [-0.2, -0.15) is 8.78 Å². The Hall–Kier alpha value is -1.69. The lowest BCUT2D eigenvalue weighted by molar-refractivity contribution is -0.182. The molecule has 4 nitrogen and oxygen atoms in total. The van der Waals surface area contributed by atoms with Crippen LogP contribution in [0, 0.1) is 0 Å². The van der Waals surface area contributed by atoms with Gasteiger partial charge in [-0.05, 0) is 24.6 Å². The Morgan fingerprint density at radius 3 is 2.35 bits per heavy atom. The highest BCUT2D eigenvalue weighted by molar-refractivity contribution is 5.76. The van der Waals surface area contributed by atoms with E-state index in [4.69, 9.17) is 9.84 Å². The van der Waals surface area contributed by atoms with Crippen molar-refractivity contribution < 1.29 is 28.5 Å². The normalized spacial score (nSPS) is 13.2. The van der Waals surface area contributed by atoms with Crippen LogP contribution in [0.1, 0.15) is 18.6 Å². The molecule has 6 heteroatoms. The van der Waals surface area contributed by atoms with Gasteiger partial charge in [0.2, 0.25) is 0 Å². The number of hydrogen-bond donors (Lipinski definition) is 2. The van der Waals surface area contributed by atoms with Crippen molar-refractivity contribution in [3.8, 4) is 5.75 Å². The Kier molecular flexibility index (Phi) is 4.01. The first-order chi connectivity index (χ1) is 7.89. The van der Waals surface area contributed by atoms with Gasteiger partial charge in [0.05, 0.1) is 6.61 Å². The predicted molar refractivity (Wildman–Crippen MR) is 55.2 cm³/mol. The van der Waals surface area contributed by atoms with Crippen LogP contribution in [0.2, 0.25) is 0 Å². The lowest BCUT2D eigenvalue weighted by Gasteiger charge is -2.18. The maximum absolute atomic E-state index is 13.0. The monoisotopic (exact) mass is 246 g/mol.